The summed E-state index contributed by atoms with van der Waals surface area (Å²) in [6, 6.07) is 13.0. The predicted octanol–water partition coefficient (Wildman–Crippen LogP) is 3.56. The number of thiophene rings is 1. The van der Waals surface area contributed by atoms with Crippen LogP contribution >= 0.6 is 11.3 Å². The SMILES string of the molecule is O=C([C@H]1CCCN1)N1CCC2(CC1)OCCc1sc(-c3ccccc3)cc12. The van der Waals surface area contributed by atoms with Gasteiger partial charge in [-0.1, -0.05) is 30.3 Å². The zero-order chi connectivity index (χ0) is 18.3. The summed E-state index contributed by atoms with van der Waals surface area (Å²) < 4.78 is 6.39. The lowest BCUT2D eigenvalue weighted by Crippen LogP contribution is -2.51. The number of hydrogen-bond acceptors (Lipinski definition) is 4. The number of carbonyl (C=O) groups is 1. The number of fused-ring (bicyclic) bond motifs is 2. The van der Waals surface area contributed by atoms with Crippen LogP contribution in [0.25, 0.3) is 10.4 Å². The van der Waals surface area contributed by atoms with Gasteiger partial charge in [-0.2, -0.15) is 0 Å². The number of likely N-dealkylation sites (tertiary alicyclic amines) is 1. The van der Waals surface area contributed by atoms with Crippen molar-refractivity contribution >= 4 is 17.2 Å². The normalized spacial score (nSPS) is 24.1. The van der Waals surface area contributed by atoms with Crippen LogP contribution in [0, 0.1) is 0 Å². The zero-order valence-corrected chi connectivity index (χ0v) is 16.4. The highest BCUT2D eigenvalue weighted by atomic mass is 32.1. The number of benzene rings is 1. The van der Waals surface area contributed by atoms with E-state index in [0.717, 1.165) is 58.3 Å². The van der Waals surface area contributed by atoms with Crippen molar-refractivity contribution in [3.8, 4) is 10.4 Å². The Balaban J connectivity index is 1.36. The van der Waals surface area contributed by atoms with Crippen molar-refractivity contribution in [1.29, 1.82) is 0 Å². The second kappa shape index (κ2) is 7.04. The van der Waals surface area contributed by atoms with Crippen molar-refractivity contribution in [2.45, 2.75) is 43.7 Å². The molecule has 4 heterocycles. The molecule has 1 aromatic heterocycles. The maximum absolute atomic E-state index is 12.7. The second-order valence-corrected chi connectivity index (χ2v) is 9.02. The van der Waals surface area contributed by atoms with E-state index >= 15 is 0 Å². The Kier molecular flexibility index (Phi) is 4.54. The second-order valence-electron chi connectivity index (χ2n) is 7.88. The van der Waals surface area contributed by atoms with E-state index in [1.54, 1.807) is 0 Å². The van der Waals surface area contributed by atoms with E-state index < -0.39 is 0 Å². The third-order valence-electron chi connectivity index (χ3n) is 6.31. The van der Waals surface area contributed by atoms with E-state index in [1.165, 1.54) is 20.9 Å². The minimum Gasteiger partial charge on any atom is -0.370 e. The van der Waals surface area contributed by atoms with Gasteiger partial charge in [0.15, 0.2) is 0 Å². The average Bonchev–Trinajstić information content (AvgIpc) is 3.40. The van der Waals surface area contributed by atoms with Crippen LogP contribution in [0.1, 0.15) is 36.1 Å². The minimum atomic E-state index is -0.197. The maximum Gasteiger partial charge on any atom is 0.239 e. The summed E-state index contributed by atoms with van der Waals surface area (Å²) in [5.74, 6) is 0.286. The van der Waals surface area contributed by atoms with E-state index in [4.69, 9.17) is 4.74 Å². The molecule has 1 spiro atoms. The van der Waals surface area contributed by atoms with Crippen molar-refractivity contribution in [1.82, 2.24) is 10.2 Å². The van der Waals surface area contributed by atoms with Gasteiger partial charge in [0.2, 0.25) is 5.91 Å². The lowest BCUT2D eigenvalue weighted by atomic mass is 9.82. The third kappa shape index (κ3) is 3.12. The highest BCUT2D eigenvalue weighted by molar-refractivity contribution is 7.15. The standard InChI is InChI=1S/C22H26N2O2S/c25-21(18-7-4-11-23-18)24-12-9-22(10-13-24)17-15-20(16-5-2-1-3-6-16)27-19(17)8-14-26-22/h1-3,5-6,15,18,23H,4,7-14H2/t18-/m1/s1. The molecular formula is C22H26N2O2S. The number of carbonyl (C=O) groups excluding carboxylic acids is 1. The largest absolute Gasteiger partial charge is 0.370 e. The summed E-state index contributed by atoms with van der Waals surface area (Å²) in [4.78, 5) is 17.6. The van der Waals surface area contributed by atoms with Crippen LogP contribution in [0.4, 0.5) is 0 Å². The van der Waals surface area contributed by atoms with Gasteiger partial charge in [0.1, 0.15) is 0 Å². The van der Waals surface area contributed by atoms with Gasteiger partial charge in [-0.05, 0) is 49.4 Å². The average molecular weight is 383 g/mol. The Morgan fingerprint density at radius 3 is 2.78 bits per heavy atom. The number of hydrogen-bond donors (Lipinski definition) is 1. The van der Waals surface area contributed by atoms with Gasteiger partial charge in [0.05, 0.1) is 18.2 Å². The highest BCUT2D eigenvalue weighted by Gasteiger charge is 2.43. The Morgan fingerprint density at radius 1 is 1.22 bits per heavy atom. The number of piperidine rings is 1. The van der Waals surface area contributed by atoms with Crippen molar-refractivity contribution in [2.24, 2.45) is 0 Å². The number of nitrogens with zero attached hydrogens (tertiary/aromatic N) is 1. The smallest absolute Gasteiger partial charge is 0.239 e. The lowest BCUT2D eigenvalue weighted by molar-refractivity contribution is -0.142. The molecule has 0 radical (unpaired) electrons. The Bertz CT molecular complexity index is 818. The van der Waals surface area contributed by atoms with E-state index in [2.05, 4.69) is 46.6 Å². The summed E-state index contributed by atoms with van der Waals surface area (Å²) in [5, 5.41) is 3.34. The summed E-state index contributed by atoms with van der Waals surface area (Å²) in [6.07, 6.45) is 4.90. The molecule has 1 amide bonds. The van der Waals surface area contributed by atoms with Gasteiger partial charge in [-0.25, -0.2) is 0 Å². The van der Waals surface area contributed by atoms with Crippen molar-refractivity contribution < 1.29 is 9.53 Å². The first-order valence-corrected chi connectivity index (χ1v) is 10.9. The molecule has 1 N–H and O–H groups in total. The summed E-state index contributed by atoms with van der Waals surface area (Å²) in [5.41, 5.74) is 2.47. The van der Waals surface area contributed by atoms with E-state index in [-0.39, 0.29) is 17.6 Å². The molecule has 2 fully saturated rings. The predicted molar refractivity (Wildman–Crippen MR) is 108 cm³/mol. The molecule has 1 atom stereocenters. The van der Waals surface area contributed by atoms with Crippen LogP contribution < -0.4 is 5.32 Å². The fraction of sp³-hybridized carbons (Fsp3) is 0.500. The van der Waals surface area contributed by atoms with Gasteiger partial charge in [-0.15, -0.1) is 11.3 Å². The molecule has 2 aromatic rings. The molecule has 0 aliphatic carbocycles. The van der Waals surface area contributed by atoms with Gasteiger partial charge in [-0.3, -0.25) is 4.79 Å². The Hall–Kier alpha value is -1.69. The van der Waals surface area contributed by atoms with Gasteiger partial charge < -0.3 is 15.0 Å². The third-order valence-corrected chi connectivity index (χ3v) is 7.55. The van der Waals surface area contributed by atoms with Gasteiger partial charge in [0.25, 0.3) is 0 Å². The summed E-state index contributed by atoms with van der Waals surface area (Å²) in [7, 11) is 0. The maximum atomic E-state index is 12.7. The number of nitrogens with one attached hydrogen (secondary N) is 1. The number of ether oxygens (including phenoxy) is 1. The lowest BCUT2D eigenvalue weighted by Gasteiger charge is -2.44. The van der Waals surface area contributed by atoms with Crippen LogP contribution in [0.3, 0.4) is 0 Å². The quantitative estimate of drug-likeness (QED) is 0.864. The van der Waals surface area contributed by atoms with Crippen molar-refractivity contribution in [2.75, 3.05) is 26.2 Å². The van der Waals surface area contributed by atoms with Gasteiger partial charge >= 0.3 is 0 Å². The fourth-order valence-electron chi connectivity index (χ4n) is 4.78. The molecule has 3 aliphatic heterocycles. The highest BCUT2D eigenvalue weighted by Crippen LogP contribution is 2.46. The first-order chi connectivity index (χ1) is 13.3. The molecule has 27 heavy (non-hydrogen) atoms. The molecule has 3 aliphatic rings. The molecular weight excluding hydrogens is 356 g/mol. The molecule has 5 heteroatoms. The fourth-order valence-corrected chi connectivity index (χ4v) is 6.02. The van der Waals surface area contributed by atoms with E-state index in [0.29, 0.717) is 0 Å². The summed E-state index contributed by atoms with van der Waals surface area (Å²) in [6.45, 7) is 3.36. The molecule has 0 unspecified atom stereocenters. The molecule has 142 valence electrons. The number of amides is 1. The minimum absolute atomic E-state index is 0.0349. The molecule has 5 rings (SSSR count). The van der Waals surface area contributed by atoms with Gasteiger partial charge in [0, 0.05) is 29.3 Å². The topological polar surface area (TPSA) is 41.6 Å². The van der Waals surface area contributed by atoms with Crippen LogP contribution in [0.5, 0.6) is 0 Å². The van der Waals surface area contributed by atoms with Crippen LogP contribution in [0.15, 0.2) is 36.4 Å². The first kappa shape index (κ1) is 17.4. The Morgan fingerprint density at radius 2 is 2.04 bits per heavy atom. The molecule has 4 nitrogen and oxygen atoms in total. The van der Waals surface area contributed by atoms with E-state index in [1.807, 2.05) is 11.3 Å². The van der Waals surface area contributed by atoms with Crippen molar-refractivity contribution in [3.63, 3.8) is 0 Å². The molecule has 1 aromatic carbocycles. The first-order valence-electron chi connectivity index (χ1n) is 10.1. The number of rotatable bonds is 2. The van der Waals surface area contributed by atoms with Crippen LogP contribution in [-0.4, -0.2) is 43.1 Å². The monoisotopic (exact) mass is 382 g/mol. The van der Waals surface area contributed by atoms with E-state index in [9.17, 15) is 4.79 Å². The molecule has 0 saturated carbocycles. The van der Waals surface area contributed by atoms with Crippen LogP contribution in [-0.2, 0) is 21.6 Å². The summed E-state index contributed by atoms with van der Waals surface area (Å²) >= 11 is 1.91. The Labute approximate surface area is 164 Å². The molecule has 2 saturated heterocycles. The van der Waals surface area contributed by atoms with Crippen LogP contribution in [0.2, 0.25) is 0 Å². The zero-order valence-electron chi connectivity index (χ0n) is 15.6. The van der Waals surface area contributed by atoms with Crippen molar-refractivity contribution in [3.05, 3.63) is 46.8 Å². The molecule has 0 bridgehead atoms.